The normalized spacial score (nSPS) is 11.4. The Morgan fingerprint density at radius 1 is 0.973 bits per heavy atom. The van der Waals surface area contributed by atoms with E-state index in [0.717, 1.165) is 0 Å². The molecule has 0 aliphatic heterocycles. The van der Waals surface area contributed by atoms with E-state index in [9.17, 15) is 19.5 Å². The summed E-state index contributed by atoms with van der Waals surface area (Å²) in [5.41, 5.74) is 8.05. The van der Waals surface area contributed by atoms with Crippen LogP contribution in [0.4, 0.5) is 11.5 Å². The van der Waals surface area contributed by atoms with Gasteiger partial charge in [-0.15, -0.1) is 0 Å². The van der Waals surface area contributed by atoms with Crippen LogP contribution in [-0.2, 0) is 0 Å². The van der Waals surface area contributed by atoms with E-state index >= 15 is 0 Å². The van der Waals surface area contributed by atoms with Crippen LogP contribution >= 0.6 is 0 Å². The SMILES string of the molecule is Cc1ccc(-c2ccc(C(=O)NCC(C)(C)C)cc2C(=O)O)c(C(=O)Nc2ccc3nc(N)cn3c2)n1. The van der Waals surface area contributed by atoms with Crippen molar-refractivity contribution in [1.29, 1.82) is 0 Å². The number of hydrogen-bond donors (Lipinski definition) is 4. The van der Waals surface area contributed by atoms with E-state index in [4.69, 9.17) is 5.73 Å². The van der Waals surface area contributed by atoms with Crippen molar-refractivity contribution >= 4 is 34.9 Å². The van der Waals surface area contributed by atoms with Gasteiger partial charge in [-0.2, -0.15) is 0 Å². The van der Waals surface area contributed by atoms with Gasteiger partial charge in [0.25, 0.3) is 11.8 Å². The van der Waals surface area contributed by atoms with E-state index in [0.29, 0.717) is 35.0 Å². The number of nitrogens with one attached hydrogen (secondary N) is 2. The number of nitrogen functional groups attached to an aromatic ring is 1. The highest BCUT2D eigenvalue weighted by Gasteiger charge is 2.22. The summed E-state index contributed by atoms with van der Waals surface area (Å²) in [7, 11) is 0. The van der Waals surface area contributed by atoms with Gasteiger partial charge in [0.15, 0.2) is 0 Å². The number of carboxylic acid groups (broad SMARTS) is 1. The van der Waals surface area contributed by atoms with Crippen molar-refractivity contribution in [3.8, 4) is 11.1 Å². The van der Waals surface area contributed by atoms with Crippen LogP contribution < -0.4 is 16.4 Å². The minimum Gasteiger partial charge on any atom is -0.478 e. The Labute approximate surface area is 213 Å². The Bertz CT molecular complexity index is 1530. The molecule has 4 aromatic rings. The van der Waals surface area contributed by atoms with Crippen molar-refractivity contribution in [2.75, 3.05) is 17.6 Å². The number of nitrogens with two attached hydrogens (primary N) is 1. The van der Waals surface area contributed by atoms with Gasteiger partial charge < -0.3 is 25.9 Å². The number of carbonyl (C=O) groups is 3. The van der Waals surface area contributed by atoms with Gasteiger partial charge in [0.05, 0.1) is 17.4 Å². The number of anilines is 2. The third-order valence-electron chi connectivity index (χ3n) is 5.56. The first-order chi connectivity index (χ1) is 17.4. The van der Waals surface area contributed by atoms with Crippen molar-refractivity contribution in [1.82, 2.24) is 19.7 Å². The van der Waals surface area contributed by atoms with Gasteiger partial charge in [-0.1, -0.05) is 32.9 Å². The molecule has 190 valence electrons. The number of rotatable bonds is 6. The lowest BCUT2D eigenvalue weighted by Crippen LogP contribution is -2.32. The average molecular weight is 501 g/mol. The van der Waals surface area contributed by atoms with Crippen LogP contribution in [0, 0.1) is 12.3 Å². The first-order valence-corrected chi connectivity index (χ1v) is 11.6. The van der Waals surface area contributed by atoms with Crippen molar-refractivity contribution in [3.63, 3.8) is 0 Å². The summed E-state index contributed by atoms with van der Waals surface area (Å²) in [5.74, 6) is -1.77. The standard InChI is InChI=1S/C27H28N6O4/c1-15-5-8-19(18-9-6-16(11-20(18)26(36)37)24(34)29-14-27(2,3)4)23(30-15)25(35)31-17-7-10-22-32-21(28)13-33(22)12-17/h5-13H,14,28H2,1-4H3,(H,29,34)(H,31,35)(H,36,37). The molecule has 3 heterocycles. The second-order valence-electron chi connectivity index (χ2n) is 9.96. The summed E-state index contributed by atoms with van der Waals surface area (Å²) >= 11 is 0. The average Bonchev–Trinajstić information content (AvgIpc) is 3.21. The van der Waals surface area contributed by atoms with Crippen LogP contribution in [0.1, 0.15) is 57.7 Å². The number of carbonyl (C=O) groups excluding carboxylic acids is 2. The molecule has 0 saturated heterocycles. The number of carboxylic acids is 1. The molecule has 3 aromatic heterocycles. The first kappa shape index (κ1) is 25.4. The van der Waals surface area contributed by atoms with Crippen molar-refractivity contribution in [3.05, 3.63) is 77.4 Å². The summed E-state index contributed by atoms with van der Waals surface area (Å²) in [4.78, 5) is 46.7. The molecule has 0 unspecified atom stereocenters. The number of aromatic nitrogens is 3. The smallest absolute Gasteiger partial charge is 0.336 e. The minimum atomic E-state index is -1.23. The lowest BCUT2D eigenvalue weighted by molar-refractivity contribution is 0.0697. The van der Waals surface area contributed by atoms with Crippen LogP contribution in [0.3, 0.4) is 0 Å². The number of nitrogens with zero attached hydrogens (tertiary/aromatic N) is 3. The number of amides is 2. The maximum absolute atomic E-state index is 13.3. The fourth-order valence-electron chi connectivity index (χ4n) is 3.77. The summed E-state index contributed by atoms with van der Waals surface area (Å²) in [6.07, 6.45) is 3.29. The number of aryl methyl sites for hydroxylation is 1. The molecule has 10 nitrogen and oxygen atoms in total. The quantitative estimate of drug-likeness (QED) is 0.312. The zero-order valence-corrected chi connectivity index (χ0v) is 21.0. The van der Waals surface area contributed by atoms with E-state index in [2.05, 4.69) is 20.6 Å². The number of fused-ring (bicyclic) bond motifs is 1. The molecule has 0 spiro atoms. The molecule has 1 aromatic carbocycles. The molecule has 0 saturated carbocycles. The second-order valence-corrected chi connectivity index (χ2v) is 9.96. The topological polar surface area (TPSA) is 152 Å². The minimum absolute atomic E-state index is 0.0534. The number of benzene rings is 1. The highest BCUT2D eigenvalue weighted by molar-refractivity contribution is 6.09. The van der Waals surface area contributed by atoms with E-state index in [1.54, 1.807) is 54.0 Å². The molecule has 2 amide bonds. The maximum atomic E-state index is 13.3. The highest BCUT2D eigenvalue weighted by atomic mass is 16.4. The van der Waals surface area contributed by atoms with Gasteiger partial charge in [-0.05, 0) is 48.2 Å². The summed E-state index contributed by atoms with van der Waals surface area (Å²) in [5, 5.41) is 15.6. The largest absolute Gasteiger partial charge is 0.478 e. The van der Waals surface area contributed by atoms with Gasteiger partial charge in [0, 0.05) is 29.6 Å². The zero-order valence-electron chi connectivity index (χ0n) is 21.0. The molecule has 10 heteroatoms. The van der Waals surface area contributed by atoms with E-state index in [-0.39, 0.29) is 33.7 Å². The third kappa shape index (κ3) is 5.75. The van der Waals surface area contributed by atoms with E-state index in [1.165, 1.54) is 12.1 Å². The fourth-order valence-corrected chi connectivity index (χ4v) is 3.77. The predicted octanol–water partition coefficient (Wildman–Crippen LogP) is 4.01. The van der Waals surface area contributed by atoms with Crippen LogP contribution in [-0.4, -0.2) is 43.8 Å². The molecule has 4 rings (SSSR count). The maximum Gasteiger partial charge on any atom is 0.336 e. The van der Waals surface area contributed by atoms with E-state index in [1.807, 2.05) is 20.8 Å². The molecule has 0 aliphatic rings. The Kier molecular flexibility index (Phi) is 6.67. The van der Waals surface area contributed by atoms with Gasteiger partial charge >= 0.3 is 5.97 Å². The van der Waals surface area contributed by atoms with Crippen molar-refractivity contribution in [2.24, 2.45) is 5.41 Å². The lowest BCUT2D eigenvalue weighted by Gasteiger charge is -2.19. The first-order valence-electron chi connectivity index (χ1n) is 11.6. The summed E-state index contributed by atoms with van der Waals surface area (Å²) in [6, 6.07) is 11.1. The fraction of sp³-hybridized carbons (Fsp3) is 0.222. The highest BCUT2D eigenvalue weighted by Crippen LogP contribution is 2.29. The van der Waals surface area contributed by atoms with Crippen LogP contribution in [0.2, 0.25) is 0 Å². The zero-order chi connectivity index (χ0) is 26.9. The Morgan fingerprint density at radius 3 is 2.41 bits per heavy atom. The van der Waals surface area contributed by atoms with Crippen LogP contribution in [0.5, 0.6) is 0 Å². The number of aromatic carboxylic acids is 1. The van der Waals surface area contributed by atoms with Gasteiger partial charge in [-0.25, -0.2) is 14.8 Å². The second kappa shape index (κ2) is 9.73. The Morgan fingerprint density at radius 2 is 1.70 bits per heavy atom. The van der Waals surface area contributed by atoms with Gasteiger partial charge in [0.2, 0.25) is 0 Å². The number of imidazole rings is 1. The third-order valence-corrected chi connectivity index (χ3v) is 5.56. The molecular formula is C27H28N6O4. The van der Waals surface area contributed by atoms with Crippen molar-refractivity contribution < 1.29 is 19.5 Å². The Balaban J connectivity index is 1.69. The van der Waals surface area contributed by atoms with Crippen molar-refractivity contribution in [2.45, 2.75) is 27.7 Å². The van der Waals surface area contributed by atoms with Gasteiger partial charge in [-0.3, -0.25) is 9.59 Å². The molecule has 0 radical (unpaired) electrons. The number of hydrogen-bond acceptors (Lipinski definition) is 6. The molecule has 0 aliphatic carbocycles. The Hall–Kier alpha value is -4.73. The summed E-state index contributed by atoms with van der Waals surface area (Å²) < 4.78 is 1.68. The molecule has 0 fully saturated rings. The number of pyridine rings is 2. The molecular weight excluding hydrogens is 472 g/mol. The lowest BCUT2D eigenvalue weighted by atomic mass is 9.94. The van der Waals surface area contributed by atoms with Crippen LogP contribution in [0.15, 0.2) is 54.9 Å². The molecule has 5 N–H and O–H groups in total. The summed E-state index contributed by atoms with van der Waals surface area (Å²) in [6.45, 7) is 8.12. The van der Waals surface area contributed by atoms with E-state index < -0.39 is 11.9 Å². The predicted molar refractivity (Wildman–Crippen MR) is 141 cm³/mol. The molecule has 37 heavy (non-hydrogen) atoms. The monoisotopic (exact) mass is 500 g/mol. The van der Waals surface area contributed by atoms with Crippen LogP contribution in [0.25, 0.3) is 16.8 Å². The molecule has 0 bridgehead atoms. The van der Waals surface area contributed by atoms with Gasteiger partial charge in [0.1, 0.15) is 17.2 Å². The molecule has 0 atom stereocenters.